The number of benzene rings is 1. The first kappa shape index (κ1) is 20.1. The van der Waals surface area contributed by atoms with Gasteiger partial charge in [-0.2, -0.15) is 13.2 Å². The third kappa shape index (κ3) is 6.20. The van der Waals surface area contributed by atoms with Crippen LogP contribution in [0.4, 0.5) is 18.9 Å². The van der Waals surface area contributed by atoms with Gasteiger partial charge in [-0.25, -0.2) is 0 Å². The summed E-state index contributed by atoms with van der Waals surface area (Å²) in [6, 6.07) is 5.29. The van der Waals surface area contributed by atoms with Crippen LogP contribution in [-0.4, -0.2) is 48.4 Å². The highest BCUT2D eigenvalue weighted by Gasteiger charge is 2.39. The van der Waals surface area contributed by atoms with E-state index in [-0.39, 0.29) is 24.9 Å². The summed E-state index contributed by atoms with van der Waals surface area (Å²) in [5.41, 5.74) is 5.95. The van der Waals surface area contributed by atoms with Gasteiger partial charge in [-0.1, -0.05) is 6.42 Å². The maximum absolute atomic E-state index is 12.7. The Morgan fingerprint density at radius 3 is 2.64 bits per heavy atom. The Balaban J connectivity index is 1.92. The topological polar surface area (TPSA) is 58.4 Å². The first-order valence-electron chi connectivity index (χ1n) is 8.30. The van der Waals surface area contributed by atoms with E-state index < -0.39 is 12.2 Å². The molecule has 1 aliphatic rings. The van der Waals surface area contributed by atoms with Gasteiger partial charge in [-0.05, 0) is 56.3 Å². The maximum Gasteiger partial charge on any atom is 0.403 e. The molecule has 0 spiro atoms. The van der Waals surface area contributed by atoms with Gasteiger partial charge in [0, 0.05) is 16.6 Å². The van der Waals surface area contributed by atoms with Crippen LogP contribution < -0.4 is 11.1 Å². The minimum Gasteiger partial charge on any atom is -0.325 e. The van der Waals surface area contributed by atoms with Crippen molar-refractivity contribution >= 4 is 23.4 Å². The van der Waals surface area contributed by atoms with E-state index in [9.17, 15) is 18.0 Å². The van der Waals surface area contributed by atoms with E-state index in [1.165, 1.54) is 0 Å². The van der Waals surface area contributed by atoms with E-state index in [1.807, 2.05) is 35.4 Å². The second-order valence-corrected chi connectivity index (χ2v) is 7.16. The first-order chi connectivity index (χ1) is 11.8. The first-order valence-corrected chi connectivity index (χ1v) is 9.52. The number of rotatable bonds is 6. The average molecular weight is 375 g/mol. The summed E-state index contributed by atoms with van der Waals surface area (Å²) in [5.74, 6) is -0.218. The van der Waals surface area contributed by atoms with Gasteiger partial charge >= 0.3 is 6.18 Å². The zero-order chi connectivity index (χ0) is 18.4. The van der Waals surface area contributed by atoms with Gasteiger partial charge in [0.25, 0.3) is 0 Å². The minimum absolute atomic E-state index is 0.0829. The van der Waals surface area contributed by atoms with E-state index in [2.05, 4.69) is 5.32 Å². The van der Waals surface area contributed by atoms with Gasteiger partial charge in [0.2, 0.25) is 5.91 Å². The maximum atomic E-state index is 12.7. The molecule has 1 aromatic rings. The summed E-state index contributed by atoms with van der Waals surface area (Å²) >= 11 is 1.61. The number of thioether (sulfide) groups is 1. The number of likely N-dealkylation sites (tertiary alicyclic amines) is 1. The van der Waals surface area contributed by atoms with Crippen LogP contribution in [0.15, 0.2) is 29.2 Å². The van der Waals surface area contributed by atoms with Crippen LogP contribution in [0, 0.1) is 0 Å². The molecular formula is C17H24F3N3OS. The number of anilines is 1. The summed E-state index contributed by atoms with van der Waals surface area (Å²) in [7, 11) is 0. The van der Waals surface area contributed by atoms with Crippen molar-refractivity contribution in [3.63, 3.8) is 0 Å². The van der Waals surface area contributed by atoms with E-state index in [1.54, 1.807) is 11.8 Å². The quantitative estimate of drug-likeness (QED) is 0.748. The Kier molecular flexibility index (Phi) is 7.15. The van der Waals surface area contributed by atoms with Gasteiger partial charge in [0.05, 0.1) is 6.54 Å². The molecule has 1 saturated heterocycles. The summed E-state index contributed by atoms with van der Waals surface area (Å²) < 4.78 is 38.2. The predicted octanol–water partition coefficient (Wildman–Crippen LogP) is 3.48. The van der Waals surface area contributed by atoms with Crippen molar-refractivity contribution in [3.05, 3.63) is 24.3 Å². The number of halogens is 3. The summed E-state index contributed by atoms with van der Waals surface area (Å²) in [4.78, 5) is 15.2. The molecule has 1 amide bonds. The fourth-order valence-corrected chi connectivity index (χ4v) is 3.43. The summed E-state index contributed by atoms with van der Waals surface area (Å²) in [6.45, 7) is 0.702. The van der Waals surface area contributed by atoms with Crippen LogP contribution in [0.1, 0.15) is 25.7 Å². The second kappa shape index (κ2) is 8.91. The third-order valence-corrected chi connectivity index (χ3v) is 5.16. The predicted molar refractivity (Wildman–Crippen MR) is 94.7 cm³/mol. The number of nitrogens with two attached hydrogens (primary N) is 1. The lowest BCUT2D eigenvalue weighted by Gasteiger charge is -2.36. The standard InChI is InChI=1S/C17H24F3N3OS/c1-25-14-7-5-12(6-8-14)22-16(24)11-23-9-3-2-4-13(23)10-15(21)17(18,19)20/h5-8,13,15H,2-4,9-11,21H2,1H3,(H,22,24). The van der Waals surface area contributed by atoms with Gasteiger partial charge < -0.3 is 11.1 Å². The van der Waals surface area contributed by atoms with Gasteiger partial charge in [0.1, 0.15) is 6.04 Å². The Morgan fingerprint density at radius 1 is 1.36 bits per heavy atom. The van der Waals surface area contributed by atoms with E-state index in [0.717, 1.165) is 17.7 Å². The number of alkyl halides is 3. The average Bonchev–Trinajstić information content (AvgIpc) is 2.56. The molecule has 1 aromatic carbocycles. The molecule has 2 unspecified atom stereocenters. The molecular weight excluding hydrogens is 351 g/mol. The van der Waals surface area contributed by atoms with E-state index in [0.29, 0.717) is 18.7 Å². The van der Waals surface area contributed by atoms with Crippen LogP contribution in [0.5, 0.6) is 0 Å². The molecule has 4 nitrogen and oxygen atoms in total. The highest BCUT2D eigenvalue weighted by molar-refractivity contribution is 7.98. The number of piperidine rings is 1. The van der Waals surface area contributed by atoms with Gasteiger partial charge in [-0.3, -0.25) is 9.69 Å². The lowest BCUT2D eigenvalue weighted by Crippen LogP contribution is -2.49. The van der Waals surface area contributed by atoms with Crippen molar-refractivity contribution in [2.24, 2.45) is 5.73 Å². The molecule has 3 N–H and O–H groups in total. The van der Waals surface area contributed by atoms with E-state index >= 15 is 0 Å². The highest BCUT2D eigenvalue weighted by Crippen LogP contribution is 2.27. The molecule has 1 fully saturated rings. The number of nitrogens with zero attached hydrogens (tertiary/aromatic N) is 1. The number of hydrogen-bond donors (Lipinski definition) is 2. The van der Waals surface area contributed by atoms with Crippen molar-refractivity contribution in [2.45, 2.75) is 48.8 Å². The Labute approximate surface area is 150 Å². The van der Waals surface area contributed by atoms with Crippen molar-refractivity contribution in [1.29, 1.82) is 0 Å². The number of carbonyl (C=O) groups is 1. The fraction of sp³-hybridized carbons (Fsp3) is 0.588. The van der Waals surface area contributed by atoms with Crippen molar-refractivity contribution < 1.29 is 18.0 Å². The zero-order valence-electron chi connectivity index (χ0n) is 14.2. The van der Waals surface area contributed by atoms with Crippen LogP contribution in [0.25, 0.3) is 0 Å². The van der Waals surface area contributed by atoms with Crippen LogP contribution in [0.3, 0.4) is 0 Å². The molecule has 0 radical (unpaired) electrons. The SMILES string of the molecule is CSc1ccc(NC(=O)CN2CCCCC2CC(N)C(F)(F)F)cc1. The minimum atomic E-state index is -4.40. The molecule has 2 atom stereocenters. The smallest absolute Gasteiger partial charge is 0.325 e. The molecule has 1 aliphatic heterocycles. The Bertz CT molecular complexity index is 565. The molecule has 0 aromatic heterocycles. The van der Waals surface area contributed by atoms with Crippen LogP contribution >= 0.6 is 11.8 Å². The summed E-state index contributed by atoms with van der Waals surface area (Å²) in [5, 5.41) is 2.80. The lowest BCUT2D eigenvalue weighted by molar-refractivity contribution is -0.152. The molecule has 0 bridgehead atoms. The van der Waals surface area contributed by atoms with Crippen LogP contribution in [0.2, 0.25) is 0 Å². The van der Waals surface area contributed by atoms with Gasteiger partial charge in [-0.15, -0.1) is 11.8 Å². The lowest BCUT2D eigenvalue weighted by atomic mass is 9.96. The molecule has 25 heavy (non-hydrogen) atoms. The molecule has 8 heteroatoms. The Hall–Kier alpha value is -1.25. The van der Waals surface area contributed by atoms with Crippen molar-refractivity contribution in [1.82, 2.24) is 4.90 Å². The molecule has 0 saturated carbocycles. The molecule has 140 valence electrons. The number of hydrogen-bond acceptors (Lipinski definition) is 4. The highest BCUT2D eigenvalue weighted by atomic mass is 32.2. The van der Waals surface area contributed by atoms with E-state index in [4.69, 9.17) is 5.73 Å². The molecule has 2 rings (SSSR count). The normalized spacial score (nSPS) is 20.3. The molecule has 1 heterocycles. The Morgan fingerprint density at radius 2 is 2.04 bits per heavy atom. The summed E-state index contributed by atoms with van der Waals surface area (Å²) in [6.07, 6.45) is -0.213. The van der Waals surface area contributed by atoms with Gasteiger partial charge in [0.15, 0.2) is 0 Å². The fourth-order valence-electron chi connectivity index (χ4n) is 3.02. The van der Waals surface area contributed by atoms with Crippen molar-refractivity contribution in [2.75, 3.05) is 24.7 Å². The molecule has 0 aliphatic carbocycles. The number of amides is 1. The zero-order valence-corrected chi connectivity index (χ0v) is 15.0. The van der Waals surface area contributed by atoms with Crippen molar-refractivity contribution in [3.8, 4) is 0 Å². The largest absolute Gasteiger partial charge is 0.403 e. The second-order valence-electron chi connectivity index (χ2n) is 6.28. The third-order valence-electron chi connectivity index (χ3n) is 4.42. The monoisotopic (exact) mass is 375 g/mol. The number of carbonyl (C=O) groups excluding carboxylic acids is 1. The van der Waals surface area contributed by atoms with Crippen LogP contribution in [-0.2, 0) is 4.79 Å². The number of nitrogens with one attached hydrogen (secondary N) is 1.